The number of non-ortho nitro benzene ring substituents is 1. The molecule has 0 amide bonds. The van der Waals surface area contributed by atoms with E-state index >= 15 is 0 Å². The Labute approximate surface area is 125 Å². The van der Waals surface area contributed by atoms with Crippen LogP contribution in [0.1, 0.15) is 5.56 Å². The van der Waals surface area contributed by atoms with E-state index in [4.69, 9.17) is 0 Å². The van der Waals surface area contributed by atoms with Gasteiger partial charge in [-0.3, -0.25) is 14.8 Å². The minimum atomic E-state index is -0.420. The molecule has 3 aromatic rings. The molecule has 0 spiro atoms. The van der Waals surface area contributed by atoms with Gasteiger partial charge in [-0.2, -0.15) is 5.10 Å². The number of aromatic nitrogens is 2. The van der Waals surface area contributed by atoms with Gasteiger partial charge >= 0.3 is 0 Å². The Balaban J connectivity index is 1.81. The second-order valence-corrected chi connectivity index (χ2v) is 4.83. The summed E-state index contributed by atoms with van der Waals surface area (Å²) in [7, 11) is 0. The van der Waals surface area contributed by atoms with Gasteiger partial charge in [-0.1, -0.05) is 12.1 Å². The van der Waals surface area contributed by atoms with E-state index in [2.05, 4.69) is 5.10 Å². The summed E-state index contributed by atoms with van der Waals surface area (Å²) in [6.07, 6.45) is 1.79. The minimum Gasteiger partial charge on any atom is -0.268 e. The predicted molar refractivity (Wildman–Crippen MR) is 79.8 cm³/mol. The maximum atomic E-state index is 12.9. The molecule has 1 aromatic heterocycles. The van der Waals surface area contributed by atoms with Gasteiger partial charge in [-0.15, -0.1) is 0 Å². The molecular formula is C16H12FN3O2. The van der Waals surface area contributed by atoms with E-state index in [0.717, 1.165) is 16.8 Å². The zero-order valence-electron chi connectivity index (χ0n) is 11.5. The van der Waals surface area contributed by atoms with Gasteiger partial charge in [0.1, 0.15) is 5.82 Å². The summed E-state index contributed by atoms with van der Waals surface area (Å²) >= 11 is 0. The Hall–Kier alpha value is -3.02. The highest BCUT2D eigenvalue weighted by atomic mass is 19.1. The second-order valence-electron chi connectivity index (χ2n) is 4.83. The number of benzene rings is 2. The first kappa shape index (κ1) is 13.9. The van der Waals surface area contributed by atoms with Crippen LogP contribution in [0.25, 0.3) is 11.3 Å². The Morgan fingerprint density at radius 1 is 1.14 bits per heavy atom. The summed E-state index contributed by atoms with van der Waals surface area (Å²) in [6.45, 7) is 0.433. The average Bonchev–Trinajstić information content (AvgIpc) is 2.96. The summed E-state index contributed by atoms with van der Waals surface area (Å²) in [5.74, 6) is -0.292. The maximum Gasteiger partial charge on any atom is 0.269 e. The molecule has 0 fully saturated rings. The largest absolute Gasteiger partial charge is 0.269 e. The van der Waals surface area contributed by atoms with Gasteiger partial charge in [0.05, 0.1) is 17.2 Å². The van der Waals surface area contributed by atoms with Gasteiger partial charge < -0.3 is 0 Å². The van der Waals surface area contributed by atoms with Crippen LogP contribution in [-0.2, 0) is 6.54 Å². The van der Waals surface area contributed by atoms with Crippen LogP contribution >= 0.6 is 0 Å². The van der Waals surface area contributed by atoms with Crippen molar-refractivity contribution in [2.45, 2.75) is 6.54 Å². The number of hydrogen-bond donors (Lipinski definition) is 0. The Bertz CT molecular complexity index is 812. The lowest BCUT2D eigenvalue weighted by atomic mass is 10.1. The van der Waals surface area contributed by atoms with Crippen molar-refractivity contribution >= 4 is 5.69 Å². The van der Waals surface area contributed by atoms with Gasteiger partial charge in [0.25, 0.3) is 5.69 Å². The van der Waals surface area contributed by atoms with Crippen molar-refractivity contribution < 1.29 is 9.31 Å². The van der Waals surface area contributed by atoms with Crippen molar-refractivity contribution in [2.24, 2.45) is 0 Å². The first-order chi connectivity index (χ1) is 10.6. The molecule has 2 aromatic carbocycles. The van der Waals surface area contributed by atoms with E-state index in [1.165, 1.54) is 24.3 Å². The van der Waals surface area contributed by atoms with Crippen molar-refractivity contribution in [3.8, 4) is 11.3 Å². The molecule has 22 heavy (non-hydrogen) atoms. The van der Waals surface area contributed by atoms with Crippen LogP contribution in [0, 0.1) is 15.9 Å². The predicted octanol–water partition coefficient (Wildman–Crippen LogP) is 3.65. The lowest BCUT2D eigenvalue weighted by molar-refractivity contribution is -0.384. The summed E-state index contributed by atoms with van der Waals surface area (Å²) in [6, 6.07) is 14.4. The molecule has 0 aliphatic heterocycles. The normalized spacial score (nSPS) is 10.6. The third kappa shape index (κ3) is 3.01. The van der Waals surface area contributed by atoms with E-state index < -0.39 is 4.92 Å². The van der Waals surface area contributed by atoms with Crippen LogP contribution in [0.5, 0.6) is 0 Å². The van der Waals surface area contributed by atoms with E-state index in [0.29, 0.717) is 6.54 Å². The summed E-state index contributed by atoms with van der Waals surface area (Å²) < 4.78 is 14.6. The smallest absolute Gasteiger partial charge is 0.268 e. The summed E-state index contributed by atoms with van der Waals surface area (Å²) in [4.78, 5) is 10.4. The van der Waals surface area contributed by atoms with Crippen LogP contribution in [0.2, 0.25) is 0 Å². The Kier molecular flexibility index (Phi) is 3.65. The topological polar surface area (TPSA) is 61.0 Å². The molecule has 0 aliphatic rings. The quantitative estimate of drug-likeness (QED) is 0.545. The maximum absolute atomic E-state index is 12.9. The molecule has 3 rings (SSSR count). The molecule has 0 atom stereocenters. The molecule has 0 saturated carbocycles. The number of halogens is 1. The molecule has 0 saturated heterocycles. The fraction of sp³-hybridized carbons (Fsp3) is 0.0625. The number of nitrogens with zero attached hydrogens (tertiary/aromatic N) is 3. The standard InChI is InChI=1S/C16H12FN3O2/c17-14-6-4-13(5-7-14)16-8-9-19(18-16)11-12-2-1-3-15(10-12)20(21)22/h1-10H,11H2. The summed E-state index contributed by atoms with van der Waals surface area (Å²) in [5.41, 5.74) is 2.40. The minimum absolute atomic E-state index is 0.0587. The first-order valence-electron chi connectivity index (χ1n) is 6.64. The van der Waals surface area contributed by atoms with Gasteiger partial charge in [0.2, 0.25) is 0 Å². The molecule has 0 aliphatic carbocycles. The van der Waals surface area contributed by atoms with Crippen molar-refractivity contribution in [3.63, 3.8) is 0 Å². The highest BCUT2D eigenvalue weighted by Crippen LogP contribution is 2.18. The van der Waals surface area contributed by atoms with E-state index in [1.807, 2.05) is 12.1 Å². The van der Waals surface area contributed by atoms with Crippen LogP contribution in [0.15, 0.2) is 60.8 Å². The fourth-order valence-corrected chi connectivity index (χ4v) is 2.18. The van der Waals surface area contributed by atoms with Crippen LogP contribution in [0.3, 0.4) is 0 Å². The molecule has 0 unspecified atom stereocenters. The fourth-order valence-electron chi connectivity index (χ4n) is 2.18. The number of hydrogen-bond acceptors (Lipinski definition) is 3. The lowest BCUT2D eigenvalue weighted by Gasteiger charge is -2.02. The number of nitro groups is 1. The van der Waals surface area contributed by atoms with Gasteiger partial charge in [0.15, 0.2) is 0 Å². The molecule has 1 heterocycles. The lowest BCUT2D eigenvalue weighted by Crippen LogP contribution is -2.01. The molecule has 110 valence electrons. The van der Waals surface area contributed by atoms with Crippen LogP contribution < -0.4 is 0 Å². The molecular weight excluding hydrogens is 285 g/mol. The van der Waals surface area contributed by atoms with E-state index in [-0.39, 0.29) is 11.5 Å². The van der Waals surface area contributed by atoms with Crippen LogP contribution in [0.4, 0.5) is 10.1 Å². The van der Waals surface area contributed by atoms with Crippen molar-refractivity contribution in [1.29, 1.82) is 0 Å². The highest BCUT2D eigenvalue weighted by Gasteiger charge is 2.07. The van der Waals surface area contributed by atoms with Crippen molar-refractivity contribution in [3.05, 3.63) is 82.3 Å². The first-order valence-corrected chi connectivity index (χ1v) is 6.64. The average molecular weight is 297 g/mol. The third-order valence-corrected chi connectivity index (χ3v) is 3.25. The molecule has 0 N–H and O–H groups in total. The zero-order valence-corrected chi connectivity index (χ0v) is 11.5. The number of rotatable bonds is 4. The molecule has 5 nitrogen and oxygen atoms in total. The monoisotopic (exact) mass is 297 g/mol. The van der Waals surface area contributed by atoms with E-state index in [9.17, 15) is 14.5 Å². The Morgan fingerprint density at radius 3 is 2.64 bits per heavy atom. The summed E-state index contributed by atoms with van der Waals surface area (Å²) in [5, 5.41) is 15.2. The van der Waals surface area contributed by atoms with Gasteiger partial charge in [-0.25, -0.2) is 4.39 Å². The zero-order chi connectivity index (χ0) is 15.5. The highest BCUT2D eigenvalue weighted by molar-refractivity contribution is 5.58. The number of nitro benzene ring substituents is 1. The molecule has 0 bridgehead atoms. The van der Waals surface area contributed by atoms with Crippen LogP contribution in [-0.4, -0.2) is 14.7 Å². The Morgan fingerprint density at radius 2 is 1.91 bits per heavy atom. The van der Waals surface area contributed by atoms with Crippen molar-refractivity contribution in [1.82, 2.24) is 9.78 Å². The van der Waals surface area contributed by atoms with Gasteiger partial charge in [-0.05, 0) is 35.9 Å². The van der Waals surface area contributed by atoms with Gasteiger partial charge in [0, 0.05) is 23.9 Å². The van der Waals surface area contributed by atoms with E-state index in [1.54, 1.807) is 29.1 Å². The van der Waals surface area contributed by atoms with Crippen molar-refractivity contribution in [2.75, 3.05) is 0 Å². The third-order valence-electron chi connectivity index (χ3n) is 3.25. The SMILES string of the molecule is O=[N+]([O-])c1cccc(Cn2ccc(-c3ccc(F)cc3)n2)c1. The second kappa shape index (κ2) is 5.77. The molecule has 6 heteroatoms. The molecule has 0 radical (unpaired) electrons.